The van der Waals surface area contributed by atoms with E-state index in [0.717, 1.165) is 11.5 Å². The summed E-state index contributed by atoms with van der Waals surface area (Å²) >= 11 is 0. The summed E-state index contributed by atoms with van der Waals surface area (Å²) < 4.78 is 15.2. The third-order valence-corrected chi connectivity index (χ3v) is 1.53. The molecule has 0 amide bonds. The third-order valence-electron chi connectivity index (χ3n) is 1.53. The normalized spacial score (nSPS) is 9.69. The van der Waals surface area contributed by atoms with Gasteiger partial charge in [-0.2, -0.15) is 0 Å². The second kappa shape index (κ2) is 5.43. The van der Waals surface area contributed by atoms with Crippen LogP contribution in [-0.4, -0.2) is 27.4 Å². The van der Waals surface area contributed by atoms with Gasteiger partial charge < -0.3 is 14.2 Å². The Balaban J connectivity index is 2.46. The Kier molecular flexibility index (Phi) is 4.12. The number of rotatable bonds is 5. The molecule has 0 N–H and O–H groups in total. The Labute approximate surface area is 78.2 Å². The number of hydrogen-bond acceptors (Lipinski definition) is 3. The van der Waals surface area contributed by atoms with Gasteiger partial charge in [-0.1, -0.05) is 0 Å². The van der Waals surface area contributed by atoms with Crippen LogP contribution >= 0.6 is 0 Å². The Morgan fingerprint density at radius 1 is 1.15 bits per heavy atom. The molecule has 3 nitrogen and oxygen atoms in total. The summed E-state index contributed by atoms with van der Waals surface area (Å²) in [7, 11) is 3.25. The fraction of sp³-hybridized carbons (Fsp3) is 0.400. The number of benzene rings is 1. The molecule has 0 fully saturated rings. The van der Waals surface area contributed by atoms with Crippen LogP contribution in [0.15, 0.2) is 18.2 Å². The predicted molar refractivity (Wildman–Crippen MR) is 49.2 cm³/mol. The van der Waals surface area contributed by atoms with Crippen molar-refractivity contribution in [3.63, 3.8) is 0 Å². The maximum atomic E-state index is 5.35. The van der Waals surface area contributed by atoms with Crippen LogP contribution in [0.2, 0.25) is 0 Å². The quantitative estimate of drug-likeness (QED) is 0.644. The molecule has 0 heterocycles. The van der Waals surface area contributed by atoms with E-state index in [-0.39, 0.29) is 0 Å². The minimum atomic E-state index is 0.539. The SMILES string of the molecule is COCCOc1c[c]cc(OC)c1. The van der Waals surface area contributed by atoms with E-state index in [2.05, 4.69) is 6.07 Å². The molecule has 1 rings (SSSR count). The van der Waals surface area contributed by atoms with Crippen LogP contribution < -0.4 is 9.47 Å². The molecule has 71 valence electrons. The van der Waals surface area contributed by atoms with Crippen LogP contribution in [0.3, 0.4) is 0 Å². The molecular weight excluding hydrogens is 168 g/mol. The van der Waals surface area contributed by atoms with Gasteiger partial charge in [0.25, 0.3) is 0 Å². The lowest BCUT2D eigenvalue weighted by atomic mass is 10.3. The lowest BCUT2D eigenvalue weighted by Gasteiger charge is -2.06. The van der Waals surface area contributed by atoms with Gasteiger partial charge >= 0.3 is 0 Å². The Bertz CT molecular complexity index is 248. The van der Waals surface area contributed by atoms with E-state index < -0.39 is 0 Å². The Hall–Kier alpha value is -1.22. The molecule has 0 atom stereocenters. The molecule has 0 aliphatic heterocycles. The van der Waals surface area contributed by atoms with Crippen molar-refractivity contribution in [3.05, 3.63) is 24.3 Å². The molecule has 0 aliphatic rings. The zero-order valence-corrected chi connectivity index (χ0v) is 7.87. The first kappa shape index (κ1) is 9.86. The van der Waals surface area contributed by atoms with Gasteiger partial charge in [0.2, 0.25) is 0 Å². The van der Waals surface area contributed by atoms with E-state index in [1.54, 1.807) is 26.4 Å². The summed E-state index contributed by atoms with van der Waals surface area (Å²) in [5.41, 5.74) is 0. The van der Waals surface area contributed by atoms with E-state index in [0.29, 0.717) is 13.2 Å². The highest BCUT2D eigenvalue weighted by atomic mass is 16.5. The molecule has 0 saturated heterocycles. The molecule has 0 spiro atoms. The molecule has 13 heavy (non-hydrogen) atoms. The predicted octanol–water partition coefficient (Wildman–Crippen LogP) is 1.52. The maximum Gasteiger partial charge on any atom is 0.123 e. The zero-order chi connectivity index (χ0) is 9.52. The first-order valence-corrected chi connectivity index (χ1v) is 4.03. The molecule has 0 saturated carbocycles. The van der Waals surface area contributed by atoms with Gasteiger partial charge in [0.15, 0.2) is 0 Å². The number of ether oxygens (including phenoxy) is 3. The molecule has 0 aliphatic carbocycles. The molecule has 1 aromatic carbocycles. The van der Waals surface area contributed by atoms with Crippen molar-refractivity contribution < 1.29 is 14.2 Å². The smallest absolute Gasteiger partial charge is 0.123 e. The van der Waals surface area contributed by atoms with Gasteiger partial charge in [-0.05, 0) is 18.2 Å². The summed E-state index contributed by atoms with van der Waals surface area (Å²) in [6.45, 7) is 1.12. The average Bonchev–Trinajstić information content (AvgIpc) is 2.19. The van der Waals surface area contributed by atoms with Gasteiger partial charge in [-0.15, -0.1) is 0 Å². The van der Waals surface area contributed by atoms with E-state index in [1.807, 2.05) is 6.07 Å². The van der Waals surface area contributed by atoms with Crippen LogP contribution in [0.1, 0.15) is 0 Å². The molecule has 1 aromatic rings. The monoisotopic (exact) mass is 181 g/mol. The van der Waals surface area contributed by atoms with Crippen molar-refractivity contribution in [2.75, 3.05) is 27.4 Å². The molecule has 0 bridgehead atoms. The lowest BCUT2D eigenvalue weighted by Crippen LogP contribution is -2.04. The van der Waals surface area contributed by atoms with Gasteiger partial charge in [0.05, 0.1) is 13.7 Å². The van der Waals surface area contributed by atoms with Crippen molar-refractivity contribution in [1.29, 1.82) is 0 Å². The van der Waals surface area contributed by atoms with E-state index in [1.165, 1.54) is 0 Å². The summed E-state index contributed by atoms with van der Waals surface area (Å²) in [6, 6.07) is 8.24. The van der Waals surface area contributed by atoms with Gasteiger partial charge in [-0.25, -0.2) is 0 Å². The molecule has 0 aromatic heterocycles. The standard InChI is InChI=1S/C10H13O3/c1-11-6-7-13-10-5-3-4-9(8-10)12-2/h4-5,8H,6-7H2,1-2H3. The first-order chi connectivity index (χ1) is 6.36. The number of methoxy groups -OCH3 is 2. The lowest BCUT2D eigenvalue weighted by molar-refractivity contribution is 0.146. The fourth-order valence-corrected chi connectivity index (χ4v) is 0.874. The first-order valence-electron chi connectivity index (χ1n) is 4.03. The highest BCUT2D eigenvalue weighted by Gasteiger charge is 1.95. The minimum Gasteiger partial charge on any atom is -0.497 e. The summed E-state index contributed by atoms with van der Waals surface area (Å²) in [5.74, 6) is 1.49. The second-order valence-electron chi connectivity index (χ2n) is 2.45. The summed E-state index contributed by atoms with van der Waals surface area (Å²) in [5, 5.41) is 0. The van der Waals surface area contributed by atoms with Crippen molar-refractivity contribution in [2.45, 2.75) is 0 Å². The minimum absolute atomic E-state index is 0.539. The van der Waals surface area contributed by atoms with Gasteiger partial charge in [-0.3, -0.25) is 0 Å². The second-order valence-corrected chi connectivity index (χ2v) is 2.45. The zero-order valence-electron chi connectivity index (χ0n) is 7.87. The van der Waals surface area contributed by atoms with Crippen LogP contribution in [-0.2, 0) is 4.74 Å². The molecule has 3 heteroatoms. The van der Waals surface area contributed by atoms with Crippen LogP contribution in [0, 0.1) is 6.07 Å². The van der Waals surface area contributed by atoms with E-state index in [4.69, 9.17) is 14.2 Å². The van der Waals surface area contributed by atoms with Crippen molar-refractivity contribution in [2.24, 2.45) is 0 Å². The van der Waals surface area contributed by atoms with Gasteiger partial charge in [0, 0.05) is 13.2 Å². The largest absolute Gasteiger partial charge is 0.497 e. The highest BCUT2D eigenvalue weighted by molar-refractivity contribution is 5.31. The summed E-state index contributed by atoms with van der Waals surface area (Å²) in [6.07, 6.45) is 0. The van der Waals surface area contributed by atoms with Crippen molar-refractivity contribution >= 4 is 0 Å². The van der Waals surface area contributed by atoms with Gasteiger partial charge in [0.1, 0.15) is 18.1 Å². The Morgan fingerprint density at radius 2 is 1.92 bits per heavy atom. The molecular formula is C10H13O3. The fourth-order valence-electron chi connectivity index (χ4n) is 0.874. The van der Waals surface area contributed by atoms with E-state index >= 15 is 0 Å². The topological polar surface area (TPSA) is 27.7 Å². The van der Waals surface area contributed by atoms with Crippen molar-refractivity contribution in [1.82, 2.24) is 0 Å². The molecule has 0 unspecified atom stereocenters. The highest BCUT2D eigenvalue weighted by Crippen LogP contribution is 2.17. The molecule has 1 radical (unpaired) electrons. The maximum absolute atomic E-state index is 5.35. The average molecular weight is 181 g/mol. The Morgan fingerprint density at radius 3 is 2.62 bits per heavy atom. The van der Waals surface area contributed by atoms with Crippen LogP contribution in [0.4, 0.5) is 0 Å². The number of hydrogen-bond donors (Lipinski definition) is 0. The van der Waals surface area contributed by atoms with Crippen LogP contribution in [0.25, 0.3) is 0 Å². The van der Waals surface area contributed by atoms with E-state index in [9.17, 15) is 0 Å². The van der Waals surface area contributed by atoms with Crippen molar-refractivity contribution in [3.8, 4) is 11.5 Å². The van der Waals surface area contributed by atoms with Crippen LogP contribution in [0.5, 0.6) is 11.5 Å². The summed E-state index contributed by atoms with van der Waals surface area (Å²) in [4.78, 5) is 0. The third kappa shape index (κ3) is 3.34.